The molecule has 0 fully saturated rings. The molecule has 3 rings (SSSR count). The summed E-state index contributed by atoms with van der Waals surface area (Å²) < 4.78 is 10.1. The lowest BCUT2D eigenvalue weighted by Gasteiger charge is -2.08. The van der Waals surface area contributed by atoms with Gasteiger partial charge in [-0.25, -0.2) is 9.78 Å². The fourth-order valence-corrected chi connectivity index (χ4v) is 2.59. The average molecular weight is 376 g/mol. The number of carbonyl (C=O) groups is 1. The van der Waals surface area contributed by atoms with Gasteiger partial charge in [0.15, 0.2) is 6.61 Å². The molecule has 1 N–H and O–H groups in total. The molecule has 1 heterocycles. The first-order valence-electron chi connectivity index (χ1n) is 7.70. The van der Waals surface area contributed by atoms with Crippen LogP contribution in [0, 0.1) is 10.1 Å². The monoisotopic (exact) mass is 375 g/mol. The van der Waals surface area contributed by atoms with Gasteiger partial charge in [-0.05, 0) is 31.2 Å². The number of halogens is 1. The number of imidazole rings is 1. The van der Waals surface area contributed by atoms with Gasteiger partial charge in [-0.3, -0.25) is 10.1 Å². The molecule has 0 amide bonds. The Hall–Kier alpha value is -3.13. The van der Waals surface area contributed by atoms with Gasteiger partial charge in [0.1, 0.15) is 11.6 Å². The van der Waals surface area contributed by atoms with Crippen LogP contribution in [-0.2, 0) is 9.53 Å². The Morgan fingerprint density at radius 1 is 1.31 bits per heavy atom. The molecule has 1 aromatic heterocycles. The Balaban J connectivity index is 1.83. The second-order valence-electron chi connectivity index (χ2n) is 5.28. The molecule has 0 saturated heterocycles. The first kappa shape index (κ1) is 17.7. The van der Waals surface area contributed by atoms with Gasteiger partial charge in [-0.1, -0.05) is 11.6 Å². The van der Waals surface area contributed by atoms with E-state index >= 15 is 0 Å². The van der Waals surface area contributed by atoms with Gasteiger partial charge in [-0.2, -0.15) is 0 Å². The van der Waals surface area contributed by atoms with Crippen LogP contribution in [-0.4, -0.2) is 34.1 Å². The van der Waals surface area contributed by atoms with Crippen LogP contribution >= 0.6 is 11.6 Å². The molecule has 26 heavy (non-hydrogen) atoms. The highest BCUT2D eigenvalue weighted by Crippen LogP contribution is 2.30. The Morgan fingerprint density at radius 2 is 2.12 bits per heavy atom. The van der Waals surface area contributed by atoms with E-state index in [0.29, 0.717) is 33.2 Å². The summed E-state index contributed by atoms with van der Waals surface area (Å²) in [6.07, 6.45) is 0. The number of hydrogen-bond donors (Lipinski definition) is 1. The maximum Gasteiger partial charge on any atom is 0.344 e. The predicted molar refractivity (Wildman–Crippen MR) is 95.3 cm³/mol. The average Bonchev–Trinajstić information content (AvgIpc) is 3.04. The summed E-state index contributed by atoms with van der Waals surface area (Å²) in [6.45, 7) is 1.75. The number of nitrogens with one attached hydrogen (secondary N) is 1. The highest BCUT2D eigenvalue weighted by atomic mass is 35.5. The number of nitro benzene ring substituents is 1. The van der Waals surface area contributed by atoms with Crippen molar-refractivity contribution in [3.63, 3.8) is 0 Å². The third-order valence-electron chi connectivity index (χ3n) is 3.53. The number of aromatic amines is 1. The van der Waals surface area contributed by atoms with Crippen molar-refractivity contribution in [2.45, 2.75) is 6.92 Å². The van der Waals surface area contributed by atoms with Crippen molar-refractivity contribution in [3.05, 3.63) is 51.5 Å². The third-order valence-corrected chi connectivity index (χ3v) is 3.83. The normalized spacial score (nSPS) is 10.7. The van der Waals surface area contributed by atoms with Crippen molar-refractivity contribution in [2.24, 2.45) is 0 Å². The zero-order chi connectivity index (χ0) is 18.7. The highest BCUT2D eigenvalue weighted by Gasteiger charge is 2.13. The Morgan fingerprint density at radius 3 is 2.81 bits per heavy atom. The predicted octanol–water partition coefficient (Wildman–Crippen LogP) is 3.73. The molecule has 0 aliphatic rings. The lowest BCUT2D eigenvalue weighted by atomic mass is 10.2. The topological polar surface area (TPSA) is 107 Å². The molecule has 0 spiro atoms. The second-order valence-corrected chi connectivity index (χ2v) is 5.69. The van der Waals surface area contributed by atoms with Gasteiger partial charge in [0, 0.05) is 17.7 Å². The summed E-state index contributed by atoms with van der Waals surface area (Å²) in [7, 11) is 0. The Labute approximate surface area is 152 Å². The number of esters is 1. The summed E-state index contributed by atoms with van der Waals surface area (Å²) in [6, 6.07) is 9.36. The number of ether oxygens (including phenoxy) is 2. The summed E-state index contributed by atoms with van der Waals surface area (Å²) in [5, 5.41) is 11.2. The molecular formula is C17H14ClN3O5. The molecule has 0 unspecified atom stereocenters. The number of rotatable bonds is 6. The molecule has 9 heteroatoms. The van der Waals surface area contributed by atoms with Gasteiger partial charge in [-0.15, -0.1) is 0 Å². The molecule has 3 aromatic rings. The number of nitro groups is 1. The molecule has 0 bridgehead atoms. The molecule has 0 aliphatic heterocycles. The fraction of sp³-hybridized carbons (Fsp3) is 0.176. The number of aromatic nitrogens is 2. The van der Waals surface area contributed by atoms with Crippen LogP contribution in [0.15, 0.2) is 36.4 Å². The molecule has 0 radical (unpaired) electrons. The Bertz CT molecular complexity index is 986. The summed E-state index contributed by atoms with van der Waals surface area (Å²) in [4.78, 5) is 29.2. The first-order chi connectivity index (χ1) is 12.5. The van der Waals surface area contributed by atoms with Crippen molar-refractivity contribution in [1.29, 1.82) is 0 Å². The van der Waals surface area contributed by atoms with Gasteiger partial charge >= 0.3 is 5.97 Å². The summed E-state index contributed by atoms with van der Waals surface area (Å²) >= 11 is 6.20. The molecule has 0 saturated carbocycles. The van der Waals surface area contributed by atoms with Crippen LogP contribution in [0.1, 0.15) is 6.92 Å². The maximum absolute atomic E-state index is 11.3. The van der Waals surface area contributed by atoms with Crippen LogP contribution in [0.25, 0.3) is 22.4 Å². The van der Waals surface area contributed by atoms with E-state index in [1.165, 1.54) is 12.1 Å². The maximum atomic E-state index is 11.3. The highest BCUT2D eigenvalue weighted by molar-refractivity contribution is 6.32. The van der Waals surface area contributed by atoms with Crippen LogP contribution in [0.3, 0.4) is 0 Å². The van der Waals surface area contributed by atoms with Crippen LogP contribution < -0.4 is 4.74 Å². The number of benzene rings is 2. The number of H-pyrrole nitrogens is 1. The van der Waals surface area contributed by atoms with Crippen molar-refractivity contribution < 1.29 is 19.2 Å². The quantitative estimate of drug-likeness (QED) is 0.399. The van der Waals surface area contributed by atoms with Gasteiger partial charge in [0.2, 0.25) is 0 Å². The minimum absolute atomic E-state index is 0.0200. The number of hydrogen-bond acceptors (Lipinski definition) is 6. The van der Waals surface area contributed by atoms with Crippen molar-refractivity contribution in [2.75, 3.05) is 13.2 Å². The lowest BCUT2D eigenvalue weighted by molar-refractivity contribution is -0.384. The minimum atomic E-state index is -0.480. The van der Waals surface area contributed by atoms with Crippen LogP contribution in [0.2, 0.25) is 5.02 Å². The first-order valence-corrected chi connectivity index (χ1v) is 8.08. The van der Waals surface area contributed by atoms with Crippen molar-refractivity contribution >= 4 is 34.3 Å². The van der Waals surface area contributed by atoms with Crippen molar-refractivity contribution in [1.82, 2.24) is 9.97 Å². The smallest absolute Gasteiger partial charge is 0.344 e. The number of non-ortho nitro benzene ring substituents is 1. The number of carbonyl (C=O) groups excluding carboxylic acids is 1. The number of nitrogens with zero attached hydrogens (tertiary/aromatic N) is 2. The lowest BCUT2D eigenvalue weighted by Crippen LogP contribution is -2.14. The standard InChI is InChI=1S/C17H14ClN3O5/c1-2-25-16(22)9-26-15-6-3-10(7-12(15)18)17-19-13-5-4-11(21(23)24)8-14(13)20-17/h3-8H,2,9H2,1H3,(H,19,20). The van der Waals surface area contributed by atoms with Gasteiger partial charge in [0.05, 0.1) is 27.6 Å². The van der Waals surface area contributed by atoms with Crippen LogP contribution in [0.5, 0.6) is 5.75 Å². The molecule has 8 nitrogen and oxygen atoms in total. The van der Waals surface area contributed by atoms with Gasteiger partial charge < -0.3 is 14.5 Å². The van der Waals surface area contributed by atoms with E-state index in [0.717, 1.165) is 0 Å². The summed E-state index contributed by atoms with van der Waals surface area (Å²) in [5.41, 5.74) is 1.81. The zero-order valence-corrected chi connectivity index (χ0v) is 14.4. The van der Waals surface area contributed by atoms with Crippen molar-refractivity contribution in [3.8, 4) is 17.1 Å². The van der Waals surface area contributed by atoms with E-state index in [9.17, 15) is 14.9 Å². The van der Waals surface area contributed by atoms with E-state index in [1.807, 2.05) is 0 Å². The number of fused-ring (bicyclic) bond motifs is 1. The van der Waals surface area contributed by atoms with E-state index < -0.39 is 10.9 Å². The fourth-order valence-electron chi connectivity index (χ4n) is 2.35. The van der Waals surface area contributed by atoms with E-state index in [2.05, 4.69) is 9.97 Å². The van der Waals surface area contributed by atoms with Crippen LogP contribution in [0.4, 0.5) is 5.69 Å². The van der Waals surface area contributed by atoms with E-state index in [-0.39, 0.29) is 18.9 Å². The third kappa shape index (κ3) is 3.75. The van der Waals surface area contributed by atoms with E-state index in [1.54, 1.807) is 31.2 Å². The zero-order valence-electron chi connectivity index (χ0n) is 13.7. The SMILES string of the molecule is CCOC(=O)COc1ccc(-c2nc3ccc([N+](=O)[O-])cc3[nH]2)cc1Cl. The molecular weight excluding hydrogens is 362 g/mol. The summed E-state index contributed by atoms with van der Waals surface area (Å²) in [5.74, 6) is 0.376. The van der Waals surface area contributed by atoms with Gasteiger partial charge in [0.25, 0.3) is 5.69 Å². The molecule has 2 aromatic carbocycles. The Kier molecular flexibility index (Phi) is 5.04. The molecule has 0 atom stereocenters. The second kappa shape index (κ2) is 7.40. The largest absolute Gasteiger partial charge is 0.480 e. The van der Waals surface area contributed by atoms with E-state index in [4.69, 9.17) is 21.1 Å². The molecule has 0 aliphatic carbocycles. The molecule has 134 valence electrons. The minimum Gasteiger partial charge on any atom is -0.480 e.